The second-order valence-electron chi connectivity index (χ2n) is 5.06. The number of likely N-dealkylation sites (tertiary alicyclic amines) is 1. The highest BCUT2D eigenvalue weighted by atomic mass is 35.5. The van der Waals surface area contributed by atoms with E-state index in [0.717, 1.165) is 24.7 Å². The first kappa shape index (κ1) is 14.2. The summed E-state index contributed by atoms with van der Waals surface area (Å²) >= 11 is 6.15. The maximum atomic E-state index is 8.80. The quantitative estimate of drug-likeness (QED) is 0.917. The molecule has 0 aliphatic carbocycles. The zero-order valence-electron chi connectivity index (χ0n) is 11.3. The molecule has 4 heteroatoms. The van der Waals surface area contributed by atoms with Crippen molar-refractivity contribution in [2.45, 2.75) is 19.8 Å². The van der Waals surface area contributed by atoms with Crippen LogP contribution in [-0.2, 0) is 0 Å². The van der Waals surface area contributed by atoms with Gasteiger partial charge in [-0.2, -0.15) is 5.26 Å². The number of hydrogen-bond donors (Lipinski definition) is 1. The molecule has 19 heavy (non-hydrogen) atoms. The van der Waals surface area contributed by atoms with Gasteiger partial charge >= 0.3 is 0 Å². The number of anilines is 1. The molecule has 0 unspecified atom stereocenters. The fraction of sp³-hybridized carbons (Fsp3) is 0.533. The fourth-order valence-electron chi connectivity index (χ4n) is 2.49. The minimum atomic E-state index is 0.604. The second-order valence-corrected chi connectivity index (χ2v) is 5.47. The molecule has 102 valence electrons. The van der Waals surface area contributed by atoms with Crippen molar-refractivity contribution in [2.75, 3.05) is 31.5 Å². The van der Waals surface area contributed by atoms with Gasteiger partial charge in [-0.05, 0) is 56.6 Å². The maximum Gasteiger partial charge on any atom is 0.0992 e. The van der Waals surface area contributed by atoms with E-state index in [0.29, 0.717) is 10.6 Å². The Morgan fingerprint density at radius 2 is 2.16 bits per heavy atom. The molecule has 1 heterocycles. The van der Waals surface area contributed by atoms with Gasteiger partial charge in [-0.25, -0.2) is 0 Å². The number of hydrogen-bond acceptors (Lipinski definition) is 3. The van der Waals surface area contributed by atoms with E-state index >= 15 is 0 Å². The first-order valence-corrected chi connectivity index (χ1v) is 7.26. The minimum Gasteiger partial charge on any atom is -0.384 e. The smallest absolute Gasteiger partial charge is 0.0992 e. The first-order chi connectivity index (χ1) is 9.22. The third-order valence-electron chi connectivity index (χ3n) is 3.83. The molecule has 1 aliphatic heterocycles. The van der Waals surface area contributed by atoms with Gasteiger partial charge in [0.25, 0.3) is 0 Å². The summed E-state index contributed by atoms with van der Waals surface area (Å²) in [5.41, 5.74) is 1.53. The van der Waals surface area contributed by atoms with Crippen LogP contribution in [0.4, 0.5) is 5.69 Å². The molecule has 0 amide bonds. The lowest BCUT2D eigenvalue weighted by atomic mass is 9.97. The summed E-state index contributed by atoms with van der Waals surface area (Å²) in [7, 11) is 0. The number of nitrogens with zero attached hydrogens (tertiary/aromatic N) is 2. The van der Waals surface area contributed by atoms with Crippen LogP contribution in [0.3, 0.4) is 0 Å². The van der Waals surface area contributed by atoms with Crippen LogP contribution in [0.15, 0.2) is 18.2 Å². The van der Waals surface area contributed by atoms with Crippen molar-refractivity contribution in [3.05, 3.63) is 28.8 Å². The molecule has 1 aromatic rings. The van der Waals surface area contributed by atoms with Gasteiger partial charge < -0.3 is 10.2 Å². The van der Waals surface area contributed by atoms with Gasteiger partial charge in [-0.3, -0.25) is 0 Å². The Balaban J connectivity index is 1.85. The lowest BCUT2D eigenvalue weighted by molar-refractivity contribution is 0.198. The Labute approximate surface area is 120 Å². The van der Waals surface area contributed by atoms with E-state index in [-0.39, 0.29) is 0 Å². The molecule has 0 atom stereocenters. The van der Waals surface area contributed by atoms with Crippen LogP contribution in [0.2, 0.25) is 5.02 Å². The molecule has 2 rings (SSSR count). The molecule has 1 saturated heterocycles. The summed E-state index contributed by atoms with van der Waals surface area (Å²) in [5, 5.41) is 12.8. The number of piperidine rings is 1. The lowest BCUT2D eigenvalue weighted by Gasteiger charge is -2.31. The molecule has 1 aliphatic rings. The standard InChI is InChI=1S/C15H20ClN3/c1-2-19-7-5-12(6-8-19)11-18-15-4-3-13(10-17)9-14(15)16/h3-4,9,12,18H,2,5-8,11H2,1H3. The normalized spacial score (nSPS) is 17.1. The molecule has 0 saturated carbocycles. The Kier molecular flexibility index (Phi) is 5.07. The van der Waals surface area contributed by atoms with Crippen molar-refractivity contribution < 1.29 is 0 Å². The Morgan fingerprint density at radius 3 is 2.74 bits per heavy atom. The fourth-order valence-corrected chi connectivity index (χ4v) is 2.74. The summed E-state index contributed by atoms with van der Waals surface area (Å²) in [5.74, 6) is 0.717. The van der Waals surface area contributed by atoms with Gasteiger partial charge in [0.15, 0.2) is 0 Å². The summed E-state index contributed by atoms with van der Waals surface area (Å²) in [6.07, 6.45) is 2.49. The van der Waals surface area contributed by atoms with E-state index < -0.39 is 0 Å². The van der Waals surface area contributed by atoms with Gasteiger partial charge in [-0.15, -0.1) is 0 Å². The topological polar surface area (TPSA) is 39.1 Å². The third kappa shape index (κ3) is 3.86. The lowest BCUT2D eigenvalue weighted by Crippen LogP contribution is -2.35. The van der Waals surface area contributed by atoms with Crippen LogP contribution in [-0.4, -0.2) is 31.1 Å². The summed E-state index contributed by atoms with van der Waals surface area (Å²) < 4.78 is 0. The van der Waals surface area contributed by atoms with Gasteiger partial charge in [0.2, 0.25) is 0 Å². The average Bonchev–Trinajstić information content (AvgIpc) is 2.46. The molecular weight excluding hydrogens is 258 g/mol. The number of nitrogens with one attached hydrogen (secondary N) is 1. The number of benzene rings is 1. The predicted octanol–water partition coefficient (Wildman–Crippen LogP) is 3.36. The molecule has 1 aromatic carbocycles. The number of halogens is 1. The van der Waals surface area contributed by atoms with Gasteiger partial charge in [0.1, 0.15) is 0 Å². The molecule has 0 spiro atoms. The zero-order chi connectivity index (χ0) is 13.7. The van der Waals surface area contributed by atoms with Crippen LogP contribution in [0.25, 0.3) is 0 Å². The van der Waals surface area contributed by atoms with E-state index in [9.17, 15) is 0 Å². The Morgan fingerprint density at radius 1 is 1.42 bits per heavy atom. The van der Waals surface area contributed by atoms with Gasteiger partial charge in [-0.1, -0.05) is 18.5 Å². The highest BCUT2D eigenvalue weighted by molar-refractivity contribution is 6.33. The highest BCUT2D eigenvalue weighted by Crippen LogP contribution is 2.24. The Bertz CT molecular complexity index is 459. The van der Waals surface area contributed by atoms with Crippen LogP contribution in [0, 0.1) is 17.2 Å². The molecular formula is C15H20ClN3. The van der Waals surface area contributed by atoms with Gasteiger partial charge in [0.05, 0.1) is 22.3 Å². The molecule has 1 fully saturated rings. The summed E-state index contributed by atoms with van der Waals surface area (Å²) in [6.45, 7) is 6.73. The zero-order valence-corrected chi connectivity index (χ0v) is 12.1. The Hall–Kier alpha value is -1.24. The summed E-state index contributed by atoms with van der Waals surface area (Å²) in [4.78, 5) is 2.49. The molecule has 0 aromatic heterocycles. The van der Waals surface area contributed by atoms with E-state index in [2.05, 4.69) is 23.2 Å². The highest BCUT2D eigenvalue weighted by Gasteiger charge is 2.17. The van der Waals surface area contributed by atoms with Crippen LogP contribution in [0.5, 0.6) is 0 Å². The van der Waals surface area contributed by atoms with Crippen molar-refractivity contribution in [3.63, 3.8) is 0 Å². The van der Waals surface area contributed by atoms with E-state index in [4.69, 9.17) is 16.9 Å². The minimum absolute atomic E-state index is 0.604. The SMILES string of the molecule is CCN1CCC(CNc2ccc(C#N)cc2Cl)CC1. The largest absolute Gasteiger partial charge is 0.384 e. The van der Waals surface area contributed by atoms with Crippen molar-refractivity contribution in [2.24, 2.45) is 5.92 Å². The predicted molar refractivity (Wildman–Crippen MR) is 79.5 cm³/mol. The average molecular weight is 278 g/mol. The van der Waals surface area contributed by atoms with Crippen LogP contribution >= 0.6 is 11.6 Å². The second kappa shape index (κ2) is 6.79. The van der Waals surface area contributed by atoms with Crippen molar-refractivity contribution in [1.82, 2.24) is 4.90 Å². The number of nitriles is 1. The van der Waals surface area contributed by atoms with Crippen LogP contribution in [0.1, 0.15) is 25.3 Å². The van der Waals surface area contributed by atoms with Crippen molar-refractivity contribution >= 4 is 17.3 Å². The van der Waals surface area contributed by atoms with Crippen molar-refractivity contribution in [3.8, 4) is 6.07 Å². The molecule has 0 radical (unpaired) electrons. The van der Waals surface area contributed by atoms with Gasteiger partial charge in [0, 0.05) is 6.54 Å². The molecule has 1 N–H and O–H groups in total. The van der Waals surface area contributed by atoms with E-state index in [1.807, 2.05) is 6.07 Å². The molecule has 3 nitrogen and oxygen atoms in total. The maximum absolute atomic E-state index is 8.80. The van der Waals surface area contributed by atoms with Crippen LogP contribution < -0.4 is 5.32 Å². The first-order valence-electron chi connectivity index (χ1n) is 6.88. The van der Waals surface area contributed by atoms with E-state index in [1.165, 1.54) is 25.9 Å². The summed E-state index contributed by atoms with van der Waals surface area (Å²) in [6, 6.07) is 7.50. The molecule has 0 bridgehead atoms. The monoisotopic (exact) mass is 277 g/mol. The third-order valence-corrected chi connectivity index (χ3v) is 4.15. The van der Waals surface area contributed by atoms with Crippen molar-refractivity contribution in [1.29, 1.82) is 5.26 Å². The van der Waals surface area contributed by atoms with E-state index in [1.54, 1.807) is 12.1 Å². The number of rotatable bonds is 4.